The van der Waals surface area contributed by atoms with Crippen molar-refractivity contribution in [1.82, 2.24) is 5.32 Å². The van der Waals surface area contributed by atoms with Crippen LogP contribution in [0, 0.1) is 0 Å². The molecule has 0 aliphatic carbocycles. The third-order valence-electron chi connectivity index (χ3n) is 1.21. The topological polar surface area (TPSA) is 46.3 Å². The summed E-state index contributed by atoms with van der Waals surface area (Å²) in [6.07, 6.45) is 0. The Balaban J connectivity index is 1.95. The van der Waals surface area contributed by atoms with Crippen LogP contribution >= 0.6 is 0 Å². The van der Waals surface area contributed by atoms with Crippen LogP contribution in [0.1, 0.15) is 0 Å². The van der Waals surface area contributed by atoms with E-state index < -0.39 is 5.97 Å². The van der Waals surface area contributed by atoms with Gasteiger partial charge in [0, 0.05) is 6.54 Å². The molecule has 0 amide bonds. The Labute approximate surface area is 46.6 Å². The minimum absolute atomic E-state index is 0.646. The van der Waals surface area contributed by atoms with E-state index in [1.54, 1.807) is 0 Å². The van der Waals surface area contributed by atoms with Crippen LogP contribution in [0.15, 0.2) is 0 Å². The molecule has 4 nitrogen and oxygen atoms in total. The van der Waals surface area contributed by atoms with Crippen molar-refractivity contribution >= 4 is 0 Å². The molecule has 0 aromatic rings. The van der Waals surface area contributed by atoms with Crippen LogP contribution in [0.5, 0.6) is 0 Å². The lowest BCUT2D eigenvalue weighted by Crippen LogP contribution is -2.40. The predicted octanol–water partition coefficient (Wildman–Crippen LogP) is -0.778. The van der Waals surface area contributed by atoms with E-state index >= 15 is 0 Å². The largest absolute Gasteiger partial charge is 0.352 e. The molecule has 2 heterocycles. The van der Waals surface area contributed by atoms with Crippen molar-refractivity contribution in [3.8, 4) is 0 Å². The van der Waals surface area contributed by atoms with E-state index in [0.29, 0.717) is 13.2 Å². The van der Waals surface area contributed by atoms with E-state index in [1.165, 1.54) is 0 Å². The predicted molar refractivity (Wildman–Crippen MR) is 23.7 cm³/mol. The summed E-state index contributed by atoms with van der Waals surface area (Å²) in [7, 11) is 0. The minimum atomic E-state index is -0.682. The van der Waals surface area contributed by atoms with Gasteiger partial charge in [-0.05, 0) is 0 Å². The van der Waals surface area contributed by atoms with E-state index in [9.17, 15) is 0 Å². The van der Waals surface area contributed by atoms with E-state index in [1.807, 2.05) is 0 Å². The molecular formula is C4H7NO3. The van der Waals surface area contributed by atoms with E-state index in [2.05, 4.69) is 15.1 Å². The summed E-state index contributed by atoms with van der Waals surface area (Å²) in [4.78, 5) is 9.10. The summed E-state index contributed by atoms with van der Waals surface area (Å²) in [5, 5.41) is 3.06. The third kappa shape index (κ3) is 0.621. The molecule has 2 aliphatic rings. The molecule has 1 spiro atoms. The molecule has 0 radical (unpaired) electrons. The Morgan fingerprint density at radius 3 is 2.62 bits per heavy atom. The van der Waals surface area contributed by atoms with Gasteiger partial charge < -0.3 is 10.1 Å². The summed E-state index contributed by atoms with van der Waals surface area (Å²) in [5.41, 5.74) is 0. The minimum Gasteiger partial charge on any atom is -0.322 e. The van der Waals surface area contributed by atoms with E-state index in [4.69, 9.17) is 4.74 Å². The van der Waals surface area contributed by atoms with Crippen LogP contribution in [-0.2, 0) is 14.5 Å². The summed E-state index contributed by atoms with van der Waals surface area (Å²) in [6.45, 7) is 2.20. The van der Waals surface area contributed by atoms with Gasteiger partial charge in [-0.25, -0.2) is 0 Å². The zero-order valence-corrected chi connectivity index (χ0v) is 4.35. The molecule has 0 atom stereocenters. The summed E-state index contributed by atoms with van der Waals surface area (Å²) in [5.74, 6) is -0.682. The first kappa shape index (κ1) is 4.69. The second kappa shape index (κ2) is 1.41. The average Bonchev–Trinajstić information content (AvgIpc) is 2.52. The fourth-order valence-corrected chi connectivity index (χ4v) is 0.725. The summed E-state index contributed by atoms with van der Waals surface area (Å²) >= 11 is 0. The molecule has 4 heteroatoms. The van der Waals surface area contributed by atoms with E-state index in [-0.39, 0.29) is 0 Å². The molecule has 1 N–H and O–H groups in total. The first-order chi connectivity index (χ1) is 3.91. The smallest absolute Gasteiger partial charge is 0.322 e. The number of nitrogens with one attached hydrogen (secondary N) is 1. The lowest BCUT2D eigenvalue weighted by atomic mass is 10.5. The molecule has 0 unspecified atom stereocenters. The van der Waals surface area contributed by atoms with Crippen molar-refractivity contribution in [2.45, 2.75) is 5.97 Å². The maximum Gasteiger partial charge on any atom is 0.352 e. The molecule has 2 rings (SSSR count). The zero-order valence-electron chi connectivity index (χ0n) is 4.35. The van der Waals surface area contributed by atoms with Crippen LogP contribution in [0.25, 0.3) is 0 Å². The zero-order chi connectivity index (χ0) is 5.45. The van der Waals surface area contributed by atoms with Gasteiger partial charge in [-0.2, -0.15) is 9.78 Å². The maximum absolute atomic E-state index is 5.07. The number of hydrogen-bond acceptors (Lipinski definition) is 4. The maximum atomic E-state index is 5.07. The SMILES string of the molecule is C1COC2(CN1)OO2. The van der Waals surface area contributed by atoms with Gasteiger partial charge >= 0.3 is 5.97 Å². The number of morpholine rings is 1. The molecule has 0 bridgehead atoms. The van der Waals surface area contributed by atoms with Crippen LogP contribution < -0.4 is 5.32 Å². The normalized spacial score (nSPS) is 33.0. The Morgan fingerprint density at radius 2 is 2.25 bits per heavy atom. The lowest BCUT2D eigenvalue weighted by molar-refractivity contribution is -0.0733. The van der Waals surface area contributed by atoms with Gasteiger partial charge in [-0.3, -0.25) is 0 Å². The highest BCUT2D eigenvalue weighted by Crippen LogP contribution is 2.30. The average molecular weight is 117 g/mol. The van der Waals surface area contributed by atoms with Crippen LogP contribution in [0.3, 0.4) is 0 Å². The second-order valence-corrected chi connectivity index (χ2v) is 1.87. The molecule has 2 aliphatic heterocycles. The molecule has 2 fully saturated rings. The van der Waals surface area contributed by atoms with Crippen molar-refractivity contribution in [3.63, 3.8) is 0 Å². The Hall–Kier alpha value is -0.160. The van der Waals surface area contributed by atoms with Gasteiger partial charge in [-0.15, -0.1) is 0 Å². The van der Waals surface area contributed by atoms with Crippen LogP contribution in [0.2, 0.25) is 0 Å². The summed E-state index contributed by atoms with van der Waals surface area (Å²) < 4.78 is 5.07. The van der Waals surface area contributed by atoms with Gasteiger partial charge in [0.1, 0.15) is 0 Å². The van der Waals surface area contributed by atoms with Crippen molar-refractivity contribution in [1.29, 1.82) is 0 Å². The Morgan fingerprint density at radius 1 is 1.38 bits per heavy atom. The number of ether oxygens (including phenoxy) is 1. The van der Waals surface area contributed by atoms with Gasteiger partial charge in [0.2, 0.25) is 0 Å². The van der Waals surface area contributed by atoms with Crippen molar-refractivity contribution in [3.05, 3.63) is 0 Å². The van der Waals surface area contributed by atoms with Crippen molar-refractivity contribution in [2.75, 3.05) is 19.7 Å². The Bertz CT molecular complexity index is 93.5. The molecule has 0 aromatic heterocycles. The molecule has 2 saturated heterocycles. The monoisotopic (exact) mass is 117 g/mol. The lowest BCUT2D eigenvalue weighted by Gasteiger charge is -2.14. The first-order valence-electron chi connectivity index (χ1n) is 2.63. The third-order valence-corrected chi connectivity index (χ3v) is 1.21. The summed E-state index contributed by atoms with van der Waals surface area (Å²) in [6, 6.07) is 0. The molecule has 46 valence electrons. The molecule has 8 heavy (non-hydrogen) atoms. The fraction of sp³-hybridized carbons (Fsp3) is 1.00. The van der Waals surface area contributed by atoms with Gasteiger partial charge in [0.15, 0.2) is 0 Å². The highest BCUT2D eigenvalue weighted by Gasteiger charge is 2.52. The molecule has 0 saturated carbocycles. The van der Waals surface area contributed by atoms with Crippen molar-refractivity contribution < 1.29 is 14.5 Å². The highest BCUT2D eigenvalue weighted by atomic mass is 17.4. The molecule has 0 aromatic carbocycles. The van der Waals surface area contributed by atoms with E-state index in [0.717, 1.165) is 6.54 Å². The quantitative estimate of drug-likeness (QED) is 0.334. The highest BCUT2D eigenvalue weighted by molar-refractivity contribution is 4.69. The standard InChI is InChI=1S/C4H7NO3/c1-2-6-4(3-5-1)7-8-4/h5H,1-3H2. The van der Waals surface area contributed by atoms with Gasteiger partial charge in [-0.1, -0.05) is 0 Å². The van der Waals surface area contributed by atoms with Crippen LogP contribution in [-0.4, -0.2) is 25.7 Å². The number of rotatable bonds is 0. The second-order valence-electron chi connectivity index (χ2n) is 1.87. The fourth-order valence-electron chi connectivity index (χ4n) is 0.725. The number of hydrogen-bond donors (Lipinski definition) is 1. The Kier molecular flexibility index (Phi) is 0.830. The first-order valence-corrected chi connectivity index (χ1v) is 2.63. The van der Waals surface area contributed by atoms with Crippen molar-refractivity contribution in [2.24, 2.45) is 0 Å². The van der Waals surface area contributed by atoms with Gasteiger partial charge in [0.05, 0.1) is 13.2 Å². The molecular weight excluding hydrogens is 110 g/mol. The van der Waals surface area contributed by atoms with Gasteiger partial charge in [0.25, 0.3) is 0 Å². The van der Waals surface area contributed by atoms with Crippen LogP contribution in [0.4, 0.5) is 0 Å².